The van der Waals surface area contributed by atoms with Crippen LogP contribution in [-0.2, 0) is 4.79 Å². The summed E-state index contributed by atoms with van der Waals surface area (Å²) < 4.78 is 5.49. The van der Waals surface area contributed by atoms with Gasteiger partial charge >= 0.3 is 0 Å². The number of anilines is 1. The zero-order valence-corrected chi connectivity index (χ0v) is 10.6. The van der Waals surface area contributed by atoms with E-state index in [4.69, 9.17) is 9.84 Å². The highest BCUT2D eigenvalue weighted by molar-refractivity contribution is 5.99. The summed E-state index contributed by atoms with van der Waals surface area (Å²) in [6, 6.07) is 4.84. The number of aliphatic hydroxyl groups is 1. The third-order valence-corrected chi connectivity index (χ3v) is 2.83. The summed E-state index contributed by atoms with van der Waals surface area (Å²) in [6.07, 6.45) is 0. The number of hydrogen-bond donors (Lipinski definition) is 3. The molecule has 19 heavy (non-hydrogen) atoms. The van der Waals surface area contributed by atoms with Crippen LogP contribution >= 0.6 is 0 Å². The van der Waals surface area contributed by atoms with E-state index in [9.17, 15) is 9.59 Å². The summed E-state index contributed by atoms with van der Waals surface area (Å²) in [6.45, 7) is 2.16. The van der Waals surface area contributed by atoms with E-state index in [1.54, 1.807) is 25.1 Å². The largest absolute Gasteiger partial charge is 0.491 e. The molecule has 102 valence electrons. The summed E-state index contributed by atoms with van der Waals surface area (Å²) in [5, 5.41) is 13.9. The van der Waals surface area contributed by atoms with Crippen LogP contribution in [-0.4, -0.2) is 36.7 Å². The van der Waals surface area contributed by atoms with Crippen LogP contribution in [0.4, 0.5) is 5.69 Å². The lowest BCUT2D eigenvalue weighted by Crippen LogP contribution is -2.26. The first-order valence-electron chi connectivity index (χ1n) is 6.08. The Morgan fingerprint density at radius 1 is 1.58 bits per heavy atom. The number of hydrogen-bond acceptors (Lipinski definition) is 4. The molecule has 2 amide bonds. The molecule has 1 aromatic rings. The second-order valence-electron chi connectivity index (χ2n) is 4.39. The van der Waals surface area contributed by atoms with Gasteiger partial charge in [-0.25, -0.2) is 0 Å². The van der Waals surface area contributed by atoms with Gasteiger partial charge in [0.25, 0.3) is 5.91 Å². The first kappa shape index (κ1) is 13.4. The highest BCUT2D eigenvalue weighted by atomic mass is 16.5. The smallest absolute Gasteiger partial charge is 0.251 e. The van der Waals surface area contributed by atoms with Crippen LogP contribution in [0.15, 0.2) is 18.2 Å². The molecule has 1 aromatic carbocycles. The fourth-order valence-corrected chi connectivity index (χ4v) is 1.71. The Labute approximate surface area is 110 Å². The summed E-state index contributed by atoms with van der Waals surface area (Å²) >= 11 is 0. The summed E-state index contributed by atoms with van der Waals surface area (Å²) in [7, 11) is 0. The van der Waals surface area contributed by atoms with Crippen molar-refractivity contribution in [3.05, 3.63) is 23.8 Å². The third-order valence-electron chi connectivity index (χ3n) is 2.83. The van der Waals surface area contributed by atoms with Gasteiger partial charge in [-0.05, 0) is 18.2 Å². The maximum Gasteiger partial charge on any atom is 0.251 e. The summed E-state index contributed by atoms with van der Waals surface area (Å²) in [4.78, 5) is 23.5. The van der Waals surface area contributed by atoms with E-state index in [0.29, 0.717) is 23.6 Å². The molecule has 0 aromatic heterocycles. The molecule has 0 radical (unpaired) electrons. The van der Waals surface area contributed by atoms with Crippen LogP contribution in [0.25, 0.3) is 0 Å². The van der Waals surface area contributed by atoms with E-state index in [1.165, 1.54) is 0 Å². The zero-order valence-electron chi connectivity index (χ0n) is 10.6. The predicted octanol–water partition coefficient (Wildman–Crippen LogP) is 0.376. The van der Waals surface area contributed by atoms with E-state index < -0.39 is 0 Å². The maximum atomic E-state index is 11.7. The number of nitrogens with one attached hydrogen (secondary N) is 2. The Hall–Kier alpha value is -2.08. The van der Waals surface area contributed by atoms with Gasteiger partial charge in [0.1, 0.15) is 5.75 Å². The van der Waals surface area contributed by atoms with Gasteiger partial charge in [-0.3, -0.25) is 9.59 Å². The van der Waals surface area contributed by atoms with E-state index >= 15 is 0 Å². The molecule has 0 saturated heterocycles. The fourth-order valence-electron chi connectivity index (χ4n) is 1.71. The van der Waals surface area contributed by atoms with E-state index in [2.05, 4.69) is 10.6 Å². The molecule has 1 unspecified atom stereocenters. The monoisotopic (exact) mass is 264 g/mol. The maximum absolute atomic E-state index is 11.7. The molecule has 6 nitrogen and oxygen atoms in total. The minimum Gasteiger partial charge on any atom is -0.491 e. The van der Waals surface area contributed by atoms with Crippen molar-refractivity contribution in [3.63, 3.8) is 0 Å². The van der Waals surface area contributed by atoms with Gasteiger partial charge in [0.15, 0.2) is 0 Å². The average molecular weight is 264 g/mol. The van der Waals surface area contributed by atoms with Gasteiger partial charge < -0.3 is 20.5 Å². The van der Waals surface area contributed by atoms with Crippen LogP contribution in [0.5, 0.6) is 5.75 Å². The highest BCUT2D eigenvalue weighted by Crippen LogP contribution is 2.29. The molecule has 1 aliphatic rings. The van der Waals surface area contributed by atoms with Crippen LogP contribution in [0.2, 0.25) is 0 Å². The highest BCUT2D eigenvalue weighted by Gasteiger charge is 2.21. The van der Waals surface area contributed by atoms with Crippen molar-refractivity contribution in [1.82, 2.24) is 5.32 Å². The van der Waals surface area contributed by atoms with Gasteiger partial charge in [0.05, 0.1) is 24.8 Å². The Bertz CT molecular complexity index is 501. The second-order valence-corrected chi connectivity index (χ2v) is 4.39. The molecule has 1 aliphatic heterocycles. The quantitative estimate of drug-likeness (QED) is 0.736. The number of rotatable bonds is 3. The first-order chi connectivity index (χ1) is 9.11. The normalized spacial score (nSPS) is 17.8. The lowest BCUT2D eigenvalue weighted by molar-refractivity contribution is -0.119. The molecular weight excluding hydrogens is 248 g/mol. The summed E-state index contributed by atoms with van der Waals surface area (Å²) in [5.41, 5.74) is 0.900. The van der Waals surface area contributed by atoms with Gasteiger partial charge in [-0.15, -0.1) is 0 Å². The van der Waals surface area contributed by atoms with Crippen LogP contribution in [0, 0.1) is 5.92 Å². The Morgan fingerprint density at radius 3 is 3.11 bits per heavy atom. The van der Waals surface area contributed by atoms with Crippen molar-refractivity contribution in [2.24, 2.45) is 5.92 Å². The Balaban J connectivity index is 2.21. The van der Waals surface area contributed by atoms with E-state index in [0.717, 1.165) is 0 Å². The van der Waals surface area contributed by atoms with Gasteiger partial charge in [0.2, 0.25) is 5.91 Å². The second kappa shape index (κ2) is 5.71. The number of benzene rings is 1. The molecule has 2 rings (SSSR count). The van der Waals surface area contributed by atoms with Crippen molar-refractivity contribution in [2.75, 3.05) is 25.1 Å². The molecule has 1 atom stereocenters. The molecular formula is C13H16N2O4. The van der Waals surface area contributed by atoms with E-state index in [-0.39, 0.29) is 30.9 Å². The van der Waals surface area contributed by atoms with E-state index in [1.807, 2.05) is 0 Å². The predicted molar refractivity (Wildman–Crippen MR) is 69.1 cm³/mol. The molecule has 3 N–H and O–H groups in total. The zero-order chi connectivity index (χ0) is 13.8. The van der Waals surface area contributed by atoms with Crippen molar-refractivity contribution in [2.45, 2.75) is 6.92 Å². The lowest BCUT2D eigenvalue weighted by atomic mass is 10.1. The molecule has 0 aliphatic carbocycles. The number of aliphatic hydroxyl groups excluding tert-OH is 1. The van der Waals surface area contributed by atoms with Gasteiger partial charge in [-0.2, -0.15) is 0 Å². The van der Waals surface area contributed by atoms with Crippen molar-refractivity contribution in [1.29, 1.82) is 0 Å². The Kier molecular flexibility index (Phi) is 4.01. The number of ether oxygens (including phenoxy) is 1. The van der Waals surface area contributed by atoms with Gasteiger partial charge in [-0.1, -0.05) is 6.92 Å². The molecule has 1 heterocycles. The number of fused-ring (bicyclic) bond motifs is 1. The number of carbonyl (C=O) groups excluding carboxylic acids is 2. The SMILES string of the molecule is CC1COc2ccc(C(=O)NCCO)cc2NC1=O. The number of amides is 2. The standard InChI is InChI=1S/C13H16N2O4/c1-8-7-19-11-3-2-9(13(18)14-4-5-16)6-10(11)15-12(8)17/h2-3,6,8,16H,4-5,7H2,1H3,(H,14,18)(H,15,17). The summed E-state index contributed by atoms with van der Waals surface area (Å²) in [5.74, 6) is -0.120. The van der Waals surface area contributed by atoms with Crippen LogP contribution < -0.4 is 15.4 Å². The first-order valence-corrected chi connectivity index (χ1v) is 6.08. The fraction of sp³-hybridized carbons (Fsp3) is 0.385. The average Bonchev–Trinajstić information content (AvgIpc) is 2.55. The van der Waals surface area contributed by atoms with Crippen molar-refractivity contribution >= 4 is 17.5 Å². The van der Waals surface area contributed by atoms with Crippen LogP contribution in [0.1, 0.15) is 17.3 Å². The molecule has 0 saturated carbocycles. The third kappa shape index (κ3) is 3.03. The molecule has 0 fully saturated rings. The molecule has 0 bridgehead atoms. The van der Waals surface area contributed by atoms with Crippen LogP contribution in [0.3, 0.4) is 0 Å². The molecule has 6 heteroatoms. The van der Waals surface area contributed by atoms with Gasteiger partial charge in [0, 0.05) is 12.1 Å². The van der Waals surface area contributed by atoms with Crippen molar-refractivity contribution in [3.8, 4) is 5.75 Å². The molecule has 0 spiro atoms. The minimum absolute atomic E-state index is 0.117. The minimum atomic E-state index is -0.302. The topological polar surface area (TPSA) is 87.7 Å². The van der Waals surface area contributed by atoms with Crippen molar-refractivity contribution < 1.29 is 19.4 Å². The lowest BCUT2D eigenvalue weighted by Gasteiger charge is -2.09. The Morgan fingerprint density at radius 2 is 2.37 bits per heavy atom. The number of carbonyl (C=O) groups is 2.